The van der Waals surface area contributed by atoms with Crippen LogP contribution in [-0.2, 0) is 5.75 Å². The minimum Gasteiger partial charge on any atom is -0.497 e. The van der Waals surface area contributed by atoms with Gasteiger partial charge in [-0.2, -0.15) is 0 Å². The number of thiazole rings is 1. The number of nitrogens with one attached hydrogen (secondary N) is 2. The first-order valence-electron chi connectivity index (χ1n) is 9.12. The van der Waals surface area contributed by atoms with Crippen molar-refractivity contribution in [3.63, 3.8) is 0 Å². The predicted molar refractivity (Wildman–Crippen MR) is 120 cm³/mol. The highest BCUT2D eigenvalue weighted by molar-refractivity contribution is 8.00. The summed E-state index contributed by atoms with van der Waals surface area (Å²) in [7, 11) is 1.58. The number of methoxy groups -OCH3 is 1. The minimum absolute atomic E-state index is 0.111. The molecule has 0 aliphatic carbocycles. The van der Waals surface area contributed by atoms with Crippen LogP contribution < -0.4 is 15.7 Å². The summed E-state index contributed by atoms with van der Waals surface area (Å²) in [4.78, 5) is 33.2. The average molecular weight is 437 g/mol. The highest BCUT2D eigenvalue weighted by atomic mass is 32.2. The van der Waals surface area contributed by atoms with Gasteiger partial charge in [-0.1, -0.05) is 23.9 Å². The van der Waals surface area contributed by atoms with Crippen LogP contribution in [0, 0.1) is 0 Å². The van der Waals surface area contributed by atoms with E-state index >= 15 is 0 Å². The number of benzene rings is 2. The first kappa shape index (κ1) is 18.7. The van der Waals surface area contributed by atoms with Crippen LogP contribution in [0.15, 0.2) is 68.5 Å². The third kappa shape index (κ3) is 3.31. The highest BCUT2D eigenvalue weighted by Gasteiger charge is 2.14. The number of hydrogen-bond donors (Lipinski definition) is 2. The molecule has 3 aromatic heterocycles. The summed E-state index contributed by atoms with van der Waals surface area (Å²) in [5, 5.41) is 3.11. The number of para-hydroxylation sites is 1. The van der Waals surface area contributed by atoms with E-state index in [4.69, 9.17) is 4.74 Å². The van der Waals surface area contributed by atoms with Crippen molar-refractivity contribution < 1.29 is 4.74 Å². The predicted octanol–water partition coefficient (Wildman–Crippen LogP) is 3.92. The zero-order valence-corrected chi connectivity index (χ0v) is 17.5. The number of rotatable bonds is 5. The molecule has 0 fully saturated rings. The molecule has 0 bridgehead atoms. The minimum atomic E-state index is -0.387. The number of aromatic amines is 2. The first-order valence-corrected chi connectivity index (χ1v) is 10.9. The van der Waals surface area contributed by atoms with E-state index in [1.165, 1.54) is 10.7 Å². The second kappa shape index (κ2) is 7.51. The van der Waals surface area contributed by atoms with Gasteiger partial charge in [0, 0.05) is 17.5 Å². The van der Waals surface area contributed by atoms with Crippen molar-refractivity contribution in [3.8, 4) is 11.4 Å². The summed E-state index contributed by atoms with van der Waals surface area (Å²) in [6, 6.07) is 16.5. The number of H-pyrrole nitrogens is 2. The van der Waals surface area contributed by atoms with Crippen molar-refractivity contribution in [1.29, 1.82) is 0 Å². The Morgan fingerprint density at radius 3 is 2.70 bits per heavy atom. The topological polar surface area (TPSA) is 92.8 Å². The van der Waals surface area contributed by atoms with Crippen molar-refractivity contribution in [2.24, 2.45) is 0 Å². The summed E-state index contributed by atoms with van der Waals surface area (Å²) in [6.45, 7) is 0. The summed E-state index contributed by atoms with van der Waals surface area (Å²) in [5.41, 5.74) is 2.02. The fourth-order valence-electron chi connectivity index (χ4n) is 3.23. The van der Waals surface area contributed by atoms with Gasteiger partial charge in [0.15, 0.2) is 9.77 Å². The number of hydrogen-bond acceptors (Lipinski definition) is 6. The lowest BCUT2D eigenvalue weighted by Gasteiger charge is -2.03. The number of nitrogens with zero attached hydrogens (tertiary/aromatic N) is 2. The maximum atomic E-state index is 12.8. The third-order valence-electron chi connectivity index (χ3n) is 4.68. The molecule has 9 heteroatoms. The summed E-state index contributed by atoms with van der Waals surface area (Å²) in [6.07, 6.45) is 0. The molecule has 150 valence electrons. The second-order valence-electron chi connectivity index (χ2n) is 6.60. The van der Waals surface area contributed by atoms with E-state index in [2.05, 4.69) is 15.1 Å². The zero-order chi connectivity index (χ0) is 20.7. The standard InChI is InChI=1S/C21H16N4O3S2/c1-28-14-8-6-13(7-9-14)25-20(27)18-16(26)10-12(22-19(18)24-25)11-29-21-23-15-4-2-3-5-17(15)30-21/h2-10H,11H2,1H3,(H2,22,24,26). The molecule has 0 saturated carbocycles. The van der Waals surface area contributed by atoms with E-state index in [1.807, 2.05) is 24.3 Å². The van der Waals surface area contributed by atoms with E-state index in [1.54, 1.807) is 54.5 Å². The quantitative estimate of drug-likeness (QED) is 0.408. The van der Waals surface area contributed by atoms with Crippen molar-refractivity contribution in [1.82, 2.24) is 19.7 Å². The lowest BCUT2D eigenvalue weighted by Crippen LogP contribution is -2.18. The normalized spacial score (nSPS) is 11.4. The number of pyridine rings is 1. The monoisotopic (exact) mass is 436 g/mol. The maximum absolute atomic E-state index is 12.8. The lowest BCUT2D eigenvalue weighted by atomic mass is 10.3. The van der Waals surface area contributed by atoms with Crippen LogP contribution in [0.2, 0.25) is 0 Å². The van der Waals surface area contributed by atoms with Crippen molar-refractivity contribution in [2.45, 2.75) is 10.1 Å². The van der Waals surface area contributed by atoms with E-state index in [0.717, 1.165) is 20.3 Å². The second-order valence-corrected chi connectivity index (χ2v) is 8.85. The van der Waals surface area contributed by atoms with Gasteiger partial charge in [-0.25, -0.2) is 9.67 Å². The van der Waals surface area contributed by atoms with Crippen molar-refractivity contribution in [3.05, 3.63) is 80.9 Å². The Bertz CT molecular complexity index is 1450. The molecule has 2 aromatic carbocycles. The highest BCUT2D eigenvalue weighted by Crippen LogP contribution is 2.31. The average Bonchev–Trinajstić information content (AvgIpc) is 3.33. The number of aromatic nitrogens is 4. The Morgan fingerprint density at radius 1 is 1.13 bits per heavy atom. The largest absolute Gasteiger partial charge is 0.497 e. The van der Waals surface area contributed by atoms with Gasteiger partial charge in [0.1, 0.15) is 16.8 Å². The van der Waals surface area contributed by atoms with Gasteiger partial charge in [0.05, 0.1) is 23.0 Å². The number of ether oxygens (including phenoxy) is 1. The van der Waals surface area contributed by atoms with Crippen molar-refractivity contribution in [2.75, 3.05) is 7.11 Å². The molecule has 7 nitrogen and oxygen atoms in total. The molecule has 0 saturated heterocycles. The van der Waals surface area contributed by atoms with E-state index < -0.39 is 0 Å². The van der Waals surface area contributed by atoms with Crippen LogP contribution in [0.3, 0.4) is 0 Å². The summed E-state index contributed by atoms with van der Waals surface area (Å²) < 4.78 is 8.57. The number of fused-ring (bicyclic) bond motifs is 2. The SMILES string of the molecule is COc1ccc(-n2[nH]c3[nH]c(CSc4nc5ccccc5s4)cc(=O)c3c2=O)cc1. The molecule has 2 N–H and O–H groups in total. The van der Waals surface area contributed by atoms with Gasteiger partial charge in [-0.05, 0) is 36.4 Å². The molecule has 0 spiro atoms. The fourth-order valence-corrected chi connectivity index (χ4v) is 5.20. The Labute approximate surface area is 178 Å². The van der Waals surface area contributed by atoms with Crippen LogP contribution in [0.25, 0.3) is 26.9 Å². The van der Waals surface area contributed by atoms with Gasteiger partial charge in [-0.3, -0.25) is 14.7 Å². The molecule has 5 aromatic rings. The van der Waals surface area contributed by atoms with Crippen LogP contribution >= 0.6 is 23.1 Å². The smallest absolute Gasteiger partial charge is 0.284 e. The lowest BCUT2D eigenvalue weighted by molar-refractivity contribution is 0.414. The molecule has 5 rings (SSSR count). The molecule has 0 amide bonds. The Balaban J connectivity index is 1.47. The molecule has 30 heavy (non-hydrogen) atoms. The fraction of sp³-hybridized carbons (Fsp3) is 0.0952. The van der Waals surface area contributed by atoms with E-state index in [-0.39, 0.29) is 16.4 Å². The molecular weight excluding hydrogens is 420 g/mol. The summed E-state index contributed by atoms with van der Waals surface area (Å²) >= 11 is 3.17. The Hall–Kier alpha value is -3.30. The first-order chi connectivity index (χ1) is 14.6. The van der Waals surface area contributed by atoms with Gasteiger partial charge in [0.2, 0.25) is 0 Å². The van der Waals surface area contributed by atoms with Gasteiger partial charge in [-0.15, -0.1) is 11.3 Å². The van der Waals surface area contributed by atoms with Gasteiger partial charge < -0.3 is 9.72 Å². The Morgan fingerprint density at radius 2 is 1.93 bits per heavy atom. The van der Waals surface area contributed by atoms with Gasteiger partial charge >= 0.3 is 0 Å². The molecule has 0 atom stereocenters. The Kier molecular flexibility index (Phi) is 4.68. The van der Waals surface area contributed by atoms with E-state index in [0.29, 0.717) is 22.8 Å². The number of thioether (sulfide) groups is 1. The van der Waals surface area contributed by atoms with Crippen LogP contribution in [-0.4, -0.2) is 26.9 Å². The third-order valence-corrected chi connectivity index (χ3v) is 6.91. The van der Waals surface area contributed by atoms with Crippen LogP contribution in [0.1, 0.15) is 5.69 Å². The van der Waals surface area contributed by atoms with E-state index in [9.17, 15) is 9.59 Å². The van der Waals surface area contributed by atoms with Crippen LogP contribution in [0.4, 0.5) is 0 Å². The molecule has 0 aliphatic heterocycles. The molecule has 0 radical (unpaired) electrons. The molecule has 0 unspecified atom stereocenters. The maximum Gasteiger partial charge on any atom is 0.284 e. The zero-order valence-electron chi connectivity index (χ0n) is 15.8. The summed E-state index contributed by atoms with van der Waals surface area (Å²) in [5.74, 6) is 1.23. The molecule has 0 aliphatic rings. The van der Waals surface area contributed by atoms with Crippen molar-refractivity contribution >= 4 is 44.3 Å². The van der Waals surface area contributed by atoms with Gasteiger partial charge in [0.25, 0.3) is 5.56 Å². The van der Waals surface area contributed by atoms with Crippen LogP contribution in [0.5, 0.6) is 5.75 Å². The molecular formula is C21H16N4O3S2. The molecule has 3 heterocycles.